The monoisotopic (exact) mass is 1410 g/mol. The summed E-state index contributed by atoms with van der Waals surface area (Å²) in [5, 5.41) is 61.8. The Labute approximate surface area is 589 Å². The Hall–Kier alpha value is -1.33. The maximum Gasteiger partial charge on any atom is 1.00 e. The SMILES string of the molecule is COC(=O)CNP(=O)(CCCl)NCC(=O)OC.COC(=O)CNP(=O)(CCSc1nonc1C(=Nc1ccc(F)c(Br)c1)NO)NCC(=O)OC.O=CO[O-].O=[N+]([O-])c1nonc1C(=Nc1ccc(F)c(Br)c1)NO.S.[H-].[H-].[K+].[K+].[Na+]. The number of aromatic nitrogens is 4. The number of amidine groups is 2. The van der Waals surface area contributed by atoms with Crippen molar-refractivity contribution in [3.05, 3.63) is 78.5 Å². The van der Waals surface area contributed by atoms with Gasteiger partial charge in [0.05, 0.1) is 48.8 Å². The van der Waals surface area contributed by atoms with Crippen LogP contribution in [0.5, 0.6) is 0 Å². The van der Waals surface area contributed by atoms with Gasteiger partial charge in [0, 0.05) is 24.0 Å². The molecule has 0 amide bonds. The van der Waals surface area contributed by atoms with E-state index in [0.29, 0.717) is 5.69 Å². The van der Waals surface area contributed by atoms with Gasteiger partial charge in [-0.05, 0) is 88.7 Å². The molecule has 79 heavy (non-hydrogen) atoms. The summed E-state index contributed by atoms with van der Waals surface area (Å²) in [6.45, 7) is -1.32. The standard InChI is InChI=1S/C17H21BrFN6O7PS.C9H5BrFN5O4.C8H16ClN2O5P.CH2O3.2K.Na.H2S.2H/c1-30-13(26)8-20-33(29,21-9-14(27)31-2)5-6-34-17-15(24-32-25-17)16(23-28)22-10-3-4-12(19)11(18)7-10;10-5-3-4(1-2-6(5)11)12-8(13-17)7-9(16(18)19)15-20-14-7;1-15-7(12)5-10-17(14,4-3-9)11-6-8(13)16-2;2-1-4-3;;;;;;/h3-4,7,28H,5-6,8-9H2,1-2H3,(H,22,23)(H2,20,21,29);1-3,17H,(H,12,13);3-6H2,1-2H3,(H2,10,11,14);1,3H;;;;1H2;;/q;;;;3*+1;;2*-1/p-1. The molecule has 4 rings (SSSR count). The Bertz CT molecular complexity index is 2670. The van der Waals surface area contributed by atoms with E-state index in [0.717, 1.165) is 17.8 Å². The Kier molecular flexibility index (Phi) is 50.0. The average molecular weight is 1410 g/mol. The number of carbonyl (C=O) groups excluding carboxylic acids is 5. The minimum absolute atomic E-state index is 0. The van der Waals surface area contributed by atoms with Crippen LogP contribution in [-0.4, -0.2) is 157 Å². The molecule has 0 aliphatic carbocycles. The van der Waals surface area contributed by atoms with Crippen molar-refractivity contribution in [2.45, 2.75) is 5.03 Å². The van der Waals surface area contributed by atoms with Gasteiger partial charge < -0.3 is 42.1 Å². The fourth-order valence-electron chi connectivity index (χ4n) is 4.38. The van der Waals surface area contributed by atoms with E-state index < -0.39 is 66.8 Å². The van der Waals surface area contributed by atoms with Crippen LogP contribution in [0.25, 0.3) is 0 Å². The second-order valence-electron chi connectivity index (χ2n) is 12.8. The molecule has 0 bridgehead atoms. The molecule has 0 spiro atoms. The first kappa shape index (κ1) is 84.1. The van der Waals surface area contributed by atoms with Crippen LogP contribution in [0.15, 0.2) is 69.6 Å². The largest absolute Gasteiger partial charge is 1.00 e. The van der Waals surface area contributed by atoms with Gasteiger partial charge in [0.1, 0.15) is 37.8 Å². The Morgan fingerprint density at radius 3 is 1.47 bits per heavy atom. The van der Waals surface area contributed by atoms with Gasteiger partial charge >= 0.3 is 162 Å². The molecule has 32 nitrogen and oxygen atoms in total. The number of hydrogen-bond donors (Lipinski definition) is 8. The van der Waals surface area contributed by atoms with E-state index in [1.165, 1.54) is 58.8 Å². The van der Waals surface area contributed by atoms with Crippen LogP contribution < -0.4 is 169 Å². The molecule has 44 heteroatoms. The zero-order valence-corrected chi connectivity index (χ0v) is 58.1. The fourth-order valence-corrected chi connectivity index (χ4v) is 10.4. The van der Waals surface area contributed by atoms with Crippen molar-refractivity contribution in [1.29, 1.82) is 0 Å². The predicted molar refractivity (Wildman–Crippen MR) is 272 cm³/mol. The van der Waals surface area contributed by atoms with Crippen molar-refractivity contribution in [2.75, 3.05) is 78.6 Å². The Morgan fingerprint density at radius 2 is 1.13 bits per heavy atom. The molecular weight excluding hydrogens is 1370 g/mol. The van der Waals surface area contributed by atoms with Gasteiger partial charge in [-0.25, -0.2) is 49.2 Å². The molecule has 0 saturated heterocycles. The molecule has 0 aliphatic heterocycles. The van der Waals surface area contributed by atoms with Gasteiger partial charge in [0.25, 0.3) is 12.2 Å². The van der Waals surface area contributed by atoms with Crippen LogP contribution in [-0.2, 0) is 56.9 Å². The van der Waals surface area contributed by atoms with E-state index in [1.807, 2.05) is 5.48 Å². The number of nitrogens with one attached hydrogen (secondary N) is 6. The summed E-state index contributed by atoms with van der Waals surface area (Å²) in [5.74, 6) is -4.29. The molecule has 0 fully saturated rings. The summed E-state index contributed by atoms with van der Waals surface area (Å²) < 4.78 is 78.9. The average Bonchev–Trinajstić information content (AvgIpc) is 4.10. The van der Waals surface area contributed by atoms with Crippen LogP contribution >= 0.6 is 83.6 Å². The zero-order valence-electron chi connectivity index (χ0n) is 44.4. The third kappa shape index (κ3) is 33.7. The van der Waals surface area contributed by atoms with Crippen LogP contribution in [0, 0.1) is 21.7 Å². The third-order valence-electron chi connectivity index (χ3n) is 7.96. The molecule has 2 aromatic heterocycles. The molecular formula is C35H47Br2ClF2K2N13NaO19P2S2. The molecule has 8 N–H and O–H groups in total. The molecule has 2 aromatic carbocycles. The number of aliphatic imine (C=N–C) groups is 2. The van der Waals surface area contributed by atoms with Crippen LogP contribution in [0.3, 0.4) is 0 Å². The minimum Gasteiger partial charge on any atom is -1.00 e. The molecule has 0 radical (unpaired) electrons. The normalized spacial score (nSPS) is 10.6. The summed E-state index contributed by atoms with van der Waals surface area (Å²) in [6.07, 6.45) is 0.0738. The summed E-state index contributed by atoms with van der Waals surface area (Å²) in [7, 11) is -1.70. The van der Waals surface area contributed by atoms with E-state index in [1.54, 1.807) is 5.48 Å². The Morgan fingerprint density at radius 1 is 0.759 bits per heavy atom. The van der Waals surface area contributed by atoms with Crippen LogP contribution in [0.4, 0.5) is 26.0 Å². The van der Waals surface area contributed by atoms with E-state index in [4.69, 9.17) is 31.5 Å². The number of ether oxygens (including phenoxy) is 4. The first-order valence-corrected chi connectivity index (χ1v) is 26.6. The predicted octanol–water partition coefficient (Wildman–Crippen LogP) is -6.50. The van der Waals surface area contributed by atoms with Crippen molar-refractivity contribution >= 4 is 143 Å². The summed E-state index contributed by atoms with van der Waals surface area (Å²) >= 11 is 12.6. The van der Waals surface area contributed by atoms with Crippen molar-refractivity contribution < 1.29 is 231 Å². The number of halogens is 5. The summed E-state index contributed by atoms with van der Waals surface area (Å²) in [6, 6.07) is 7.71. The second kappa shape index (κ2) is 47.0. The Balaban J connectivity index is -0.000000258. The van der Waals surface area contributed by atoms with Crippen LogP contribution in [0.1, 0.15) is 14.2 Å². The van der Waals surface area contributed by atoms with Crippen molar-refractivity contribution in [3.8, 4) is 0 Å². The van der Waals surface area contributed by atoms with E-state index in [-0.39, 0.29) is 242 Å². The number of methoxy groups -OCH3 is 4. The van der Waals surface area contributed by atoms with Crippen LogP contribution in [0.2, 0.25) is 0 Å². The topological polar surface area (TPSA) is 447 Å². The number of thioether (sulfide) groups is 1. The molecule has 2 heterocycles. The first-order valence-electron chi connectivity index (χ1n) is 19.7. The number of nitrogens with zero attached hydrogens (tertiary/aromatic N) is 7. The number of hydrogen-bond acceptors (Lipinski definition) is 26. The van der Waals surface area contributed by atoms with Gasteiger partial charge in [-0.1, -0.05) is 11.8 Å². The van der Waals surface area contributed by atoms with Crippen molar-refractivity contribution in [1.82, 2.24) is 51.9 Å². The number of esters is 4. The van der Waals surface area contributed by atoms with Gasteiger partial charge in [0.2, 0.25) is 14.9 Å². The third-order valence-corrected chi connectivity index (χ3v) is 15.3. The molecule has 4 aromatic rings. The smallest absolute Gasteiger partial charge is 1.00 e. The number of benzene rings is 2. The zero-order chi connectivity index (χ0) is 56.6. The maximum atomic E-state index is 13.4. The minimum atomic E-state index is -3.42. The van der Waals surface area contributed by atoms with Gasteiger partial charge in [0.15, 0.2) is 27.5 Å². The molecule has 0 atom stereocenters. The van der Waals surface area contributed by atoms with Gasteiger partial charge in [-0.15, -0.1) is 16.2 Å². The molecule has 0 unspecified atom stereocenters. The molecule has 0 saturated carbocycles. The number of carbonyl (C=O) groups is 5. The van der Waals surface area contributed by atoms with Gasteiger partial charge in [-0.2, -0.15) is 13.5 Å². The summed E-state index contributed by atoms with van der Waals surface area (Å²) in [4.78, 5) is 73.7. The number of hydroxylamine groups is 2. The van der Waals surface area contributed by atoms with Crippen molar-refractivity contribution in [2.24, 2.45) is 9.98 Å². The van der Waals surface area contributed by atoms with Crippen molar-refractivity contribution in [3.63, 3.8) is 0 Å². The first-order chi connectivity index (χ1) is 35.6. The van der Waals surface area contributed by atoms with Gasteiger partial charge in [-0.3, -0.25) is 49.0 Å². The summed E-state index contributed by atoms with van der Waals surface area (Å²) in [5.41, 5.74) is 3.72. The number of alkyl halides is 1. The number of nitro groups is 1. The number of rotatable bonds is 24. The molecule has 0 aliphatic rings. The second-order valence-corrected chi connectivity index (χ2v) is 21.0. The quantitative estimate of drug-likeness (QED) is 0.00263. The molecule has 426 valence electrons. The van der Waals surface area contributed by atoms with E-state index in [2.05, 4.69) is 111 Å². The van der Waals surface area contributed by atoms with E-state index in [9.17, 15) is 52.4 Å². The van der Waals surface area contributed by atoms with E-state index >= 15 is 0 Å². The fraction of sp³-hybridized carbons (Fsp3) is 0.343. The maximum absolute atomic E-state index is 13.4.